The van der Waals surface area contributed by atoms with Gasteiger partial charge in [-0.15, -0.1) is 0 Å². The van der Waals surface area contributed by atoms with Gasteiger partial charge in [-0.25, -0.2) is 0 Å². The lowest BCUT2D eigenvalue weighted by atomic mass is 9.99. The van der Waals surface area contributed by atoms with Crippen LogP contribution in [0.15, 0.2) is 22.8 Å². The summed E-state index contributed by atoms with van der Waals surface area (Å²) in [5.41, 5.74) is 5.79. The van der Waals surface area contributed by atoms with Gasteiger partial charge in [-0.3, -0.25) is 9.59 Å². The van der Waals surface area contributed by atoms with Crippen molar-refractivity contribution in [3.63, 3.8) is 0 Å². The van der Waals surface area contributed by atoms with Crippen LogP contribution in [0.2, 0.25) is 0 Å². The molecule has 3 unspecified atom stereocenters. The molecule has 3 N–H and O–H groups in total. The average Bonchev–Trinajstić information content (AvgIpc) is 3.25. The number of carbonyl (C=O) groups is 2. The summed E-state index contributed by atoms with van der Waals surface area (Å²) in [5, 5.41) is 3.14. The van der Waals surface area contributed by atoms with Gasteiger partial charge in [0.15, 0.2) is 5.76 Å². The van der Waals surface area contributed by atoms with Gasteiger partial charge in [0.05, 0.1) is 6.26 Å². The van der Waals surface area contributed by atoms with Crippen LogP contribution in [0.5, 0.6) is 0 Å². The fourth-order valence-electron chi connectivity index (χ4n) is 3.78. The van der Waals surface area contributed by atoms with Crippen LogP contribution in [0.4, 0.5) is 0 Å². The van der Waals surface area contributed by atoms with E-state index in [-0.39, 0.29) is 17.9 Å². The molecule has 2 fully saturated rings. The highest BCUT2D eigenvalue weighted by Gasteiger charge is 2.36. The first kappa shape index (κ1) is 16.1. The third-order valence-electron chi connectivity index (χ3n) is 5.09. The molecular weight excluding hydrogens is 294 g/mol. The van der Waals surface area contributed by atoms with Gasteiger partial charge in [-0.2, -0.15) is 0 Å². The van der Waals surface area contributed by atoms with Crippen molar-refractivity contribution in [1.29, 1.82) is 0 Å². The maximum absolute atomic E-state index is 12.7. The lowest BCUT2D eigenvalue weighted by molar-refractivity contribution is -0.127. The minimum absolute atomic E-state index is 0.0463. The molecule has 1 aromatic rings. The Morgan fingerprint density at radius 3 is 2.87 bits per heavy atom. The SMILES string of the molecule is NCC1CCCC1NC(=O)C1CCCCN1C(=O)c1ccco1. The molecule has 3 rings (SSSR count). The Balaban J connectivity index is 1.68. The minimum atomic E-state index is -0.402. The molecule has 0 radical (unpaired) electrons. The Bertz CT molecular complexity index is 543. The number of nitrogens with one attached hydrogen (secondary N) is 1. The standard InChI is InChI=1S/C17H25N3O3/c18-11-12-5-3-6-13(12)19-16(21)14-7-1-2-9-20(14)17(22)15-8-4-10-23-15/h4,8,10,12-14H,1-3,5-7,9,11,18H2,(H,19,21). The van der Waals surface area contributed by atoms with Gasteiger partial charge in [0.25, 0.3) is 5.91 Å². The summed E-state index contributed by atoms with van der Waals surface area (Å²) in [6.07, 6.45) is 7.23. The lowest BCUT2D eigenvalue weighted by Crippen LogP contribution is -2.54. The molecule has 0 spiro atoms. The van der Waals surface area contributed by atoms with Crippen molar-refractivity contribution < 1.29 is 14.0 Å². The van der Waals surface area contributed by atoms with Gasteiger partial charge in [0.2, 0.25) is 5.91 Å². The smallest absolute Gasteiger partial charge is 0.290 e. The molecule has 2 amide bonds. The van der Waals surface area contributed by atoms with Crippen molar-refractivity contribution >= 4 is 11.8 Å². The quantitative estimate of drug-likeness (QED) is 0.880. The summed E-state index contributed by atoms with van der Waals surface area (Å²) in [7, 11) is 0. The fourth-order valence-corrected chi connectivity index (χ4v) is 3.78. The van der Waals surface area contributed by atoms with E-state index in [2.05, 4.69) is 5.32 Å². The van der Waals surface area contributed by atoms with Gasteiger partial charge < -0.3 is 20.4 Å². The van der Waals surface area contributed by atoms with E-state index in [1.165, 1.54) is 6.26 Å². The van der Waals surface area contributed by atoms with Gasteiger partial charge in [0.1, 0.15) is 6.04 Å². The van der Waals surface area contributed by atoms with Crippen LogP contribution >= 0.6 is 0 Å². The molecule has 0 aromatic carbocycles. The van der Waals surface area contributed by atoms with Crippen LogP contribution < -0.4 is 11.1 Å². The summed E-state index contributed by atoms with van der Waals surface area (Å²) in [4.78, 5) is 26.9. The maximum atomic E-state index is 12.7. The Morgan fingerprint density at radius 1 is 1.26 bits per heavy atom. The third kappa shape index (κ3) is 3.42. The first-order valence-electron chi connectivity index (χ1n) is 8.55. The molecule has 6 nitrogen and oxygen atoms in total. The van der Waals surface area contributed by atoms with Crippen molar-refractivity contribution in [2.45, 2.75) is 50.6 Å². The summed E-state index contributed by atoms with van der Waals surface area (Å²) >= 11 is 0. The maximum Gasteiger partial charge on any atom is 0.290 e. The molecule has 1 aliphatic heterocycles. The largest absolute Gasteiger partial charge is 0.459 e. The highest BCUT2D eigenvalue weighted by atomic mass is 16.3. The number of amides is 2. The minimum Gasteiger partial charge on any atom is -0.459 e. The Labute approximate surface area is 136 Å². The topological polar surface area (TPSA) is 88.6 Å². The van der Waals surface area contributed by atoms with E-state index in [1.807, 2.05) is 0 Å². The second kappa shape index (κ2) is 7.17. The van der Waals surface area contributed by atoms with Gasteiger partial charge >= 0.3 is 0 Å². The predicted octanol–water partition coefficient (Wildman–Crippen LogP) is 1.52. The Kier molecular flexibility index (Phi) is 5.00. The molecule has 3 atom stereocenters. The third-order valence-corrected chi connectivity index (χ3v) is 5.09. The van der Waals surface area contributed by atoms with Gasteiger partial charge in [-0.1, -0.05) is 6.42 Å². The number of piperidine rings is 1. The summed E-state index contributed by atoms with van der Waals surface area (Å²) < 4.78 is 5.21. The van der Waals surface area contributed by atoms with Crippen molar-refractivity contribution in [3.8, 4) is 0 Å². The number of rotatable bonds is 4. The van der Waals surface area contributed by atoms with E-state index in [4.69, 9.17) is 10.2 Å². The number of hydrogen-bond donors (Lipinski definition) is 2. The number of hydrogen-bond acceptors (Lipinski definition) is 4. The van der Waals surface area contributed by atoms with E-state index < -0.39 is 6.04 Å². The molecule has 1 saturated heterocycles. The fraction of sp³-hybridized carbons (Fsp3) is 0.647. The molecule has 1 aromatic heterocycles. The van der Waals surface area contributed by atoms with E-state index in [0.717, 1.165) is 32.1 Å². The zero-order chi connectivity index (χ0) is 16.2. The Hall–Kier alpha value is -1.82. The number of furan rings is 1. The highest BCUT2D eigenvalue weighted by Crippen LogP contribution is 2.26. The molecule has 0 bridgehead atoms. The Morgan fingerprint density at radius 2 is 2.13 bits per heavy atom. The van der Waals surface area contributed by atoms with Crippen LogP contribution in [0.25, 0.3) is 0 Å². The molecule has 1 aliphatic carbocycles. The van der Waals surface area contributed by atoms with Gasteiger partial charge in [0, 0.05) is 12.6 Å². The number of nitrogens with zero attached hydrogens (tertiary/aromatic N) is 1. The lowest BCUT2D eigenvalue weighted by Gasteiger charge is -2.35. The molecule has 1 saturated carbocycles. The molecule has 23 heavy (non-hydrogen) atoms. The highest BCUT2D eigenvalue weighted by molar-refractivity contribution is 5.95. The summed E-state index contributed by atoms with van der Waals surface area (Å²) in [6, 6.07) is 3.08. The first-order valence-corrected chi connectivity index (χ1v) is 8.55. The van der Waals surface area contributed by atoms with Crippen molar-refractivity contribution in [2.24, 2.45) is 11.7 Å². The van der Waals surface area contributed by atoms with E-state index in [1.54, 1.807) is 17.0 Å². The predicted molar refractivity (Wildman–Crippen MR) is 85.7 cm³/mol. The van der Waals surface area contributed by atoms with Crippen LogP contribution in [0.3, 0.4) is 0 Å². The summed E-state index contributed by atoms with van der Waals surface area (Å²) in [6.45, 7) is 1.20. The second-order valence-electron chi connectivity index (χ2n) is 6.53. The number of carbonyl (C=O) groups excluding carboxylic acids is 2. The van der Waals surface area contributed by atoms with Crippen molar-refractivity contribution in [3.05, 3.63) is 24.2 Å². The van der Waals surface area contributed by atoms with Gasteiger partial charge in [-0.05, 0) is 56.7 Å². The zero-order valence-corrected chi connectivity index (χ0v) is 13.4. The van der Waals surface area contributed by atoms with E-state index in [0.29, 0.717) is 31.2 Å². The molecular formula is C17H25N3O3. The van der Waals surface area contributed by atoms with E-state index >= 15 is 0 Å². The van der Waals surface area contributed by atoms with Crippen molar-refractivity contribution in [2.75, 3.05) is 13.1 Å². The van der Waals surface area contributed by atoms with E-state index in [9.17, 15) is 9.59 Å². The molecule has 126 valence electrons. The van der Waals surface area contributed by atoms with Crippen LogP contribution in [0, 0.1) is 5.92 Å². The van der Waals surface area contributed by atoms with Crippen LogP contribution in [0.1, 0.15) is 49.1 Å². The van der Waals surface area contributed by atoms with Crippen molar-refractivity contribution in [1.82, 2.24) is 10.2 Å². The number of likely N-dealkylation sites (tertiary alicyclic amines) is 1. The zero-order valence-electron chi connectivity index (χ0n) is 13.4. The molecule has 2 heterocycles. The molecule has 2 aliphatic rings. The monoisotopic (exact) mass is 319 g/mol. The summed E-state index contributed by atoms with van der Waals surface area (Å²) in [5.74, 6) is 0.411. The normalized spacial score (nSPS) is 27.9. The van der Waals surface area contributed by atoms with Crippen LogP contribution in [-0.4, -0.2) is 41.9 Å². The van der Waals surface area contributed by atoms with Crippen LogP contribution in [-0.2, 0) is 4.79 Å². The first-order chi connectivity index (χ1) is 11.2. The average molecular weight is 319 g/mol. The molecule has 6 heteroatoms. The number of nitrogens with two attached hydrogens (primary N) is 1. The second-order valence-corrected chi connectivity index (χ2v) is 6.53.